The molecule has 1 aliphatic rings. The van der Waals surface area contributed by atoms with Crippen LogP contribution in [0.3, 0.4) is 0 Å². The number of nitrogens with one attached hydrogen (secondary N) is 1. The largest absolute Gasteiger partial charge is 0.482 e. The summed E-state index contributed by atoms with van der Waals surface area (Å²) in [4.78, 5) is 23.7. The summed E-state index contributed by atoms with van der Waals surface area (Å²) in [6.45, 7) is 3.73. The Bertz CT molecular complexity index is 558. The van der Waals surface area contributed by atoms with E-state index >= 15 is 0 Å². The number of benzene rings is 1. The topological polar surface area (TPSA) is 64.6 Å². The van der Waals surface area contributed by atoms with Crippen molar-refractivity contribution in [1.29, 1.82) is 0 Å². The number of amides is 1. The number of hydrogen-bond acceptors (Lipinski definition) is 4. The summed E-state index contributed by atoms with van der Waals surface area (Å²) in [6.07, 6.45) is 5.32. The van der Waals surface area contributed by atoms with Crippen LogP contribution >= 0.6 is 0 Å². The highest BCUT2D eigenvalue weighted by molar-refractivity contribution is 5.81. The van der Waals surface area contributed by atoms with Crippen LogP contribution in [0.2, 0.25) is 0 Å². The summed E-state index contributed by atoms with van der Waals surface area (Å²) in [5.74, 6) is 0.383. The maximum absolute atomic E-state index is 11.9. The number of carbonyl (C=O) groups excluding carboxylic acids is 2. The number of esters is 1. The molecule has 1 fully saturated rings. The lowest BCUT2D eigenvalue weighted by Crippen LogP contribution is -2.43. The van der Waals surface area contributed by atoms with E-state index in [2.05, 4.69) is 12.2 Å². The molecule has 2 atom stereocenters. The van der Waals surface area contributed by atoms with Crippen molar-refractivity contribution in [3.8, 4) is 5.75 Å². The minimum atomic E-state index is -0.534. The normalized spacial score (nSPS) is 20.2. The molecule has 0 aromatic heterocycles. The molecule has 24 heavy (non-hydrogen) atoms. The van der Waals surface area contributed by atoms with E-state index in [1.165, 1.54) is 6.42 Å². The molecule has 5 nitrogen and oxygen atoms in total. The van der Waals surface area contributed by atoms with Gasteiger partial charge >= 0.3 is 5.97 Å². The minimum Gasteiger partial charge on any atom is -0.482 e. The van der Waals surface area contributed by atoms with Gasteiger partial charge in [-0.15, -0.1) is 0 Å². The van der Waals surface area contributed by atoms with Crippen molar-refractivity contribution in [3.63, 3.8) is 0 Å². The molecule has 2 rings (SSSR count). The fourth-order valence-electron chi connectivity index (χ4n) is 3.04. The highest BCUT2D eigenvalue weighted by Crippen LogP contribution is 2.23. The van der Waals surface area contributed by atoms with E-state index in [4.69, 9.17) is 9.47 Å². The molecular formula is C19H27NO4. The monoisotopic (exact) mass is 333 g/mol. The summed E-state index contributed by atoms with van der Waals surface area (Å²) in [7, 11) is 0. The number of para-hydroxylation sites is 1. The highest BCUT2D eigenvalue weighted by Gasteiger charge is 2.23. The standard InChI is InChI=1S/C19H27NO4/c1-3-15-9-5-7-11-17(15)23-13-19(22)24-12-18(21)20-16-10-6-4-8-14(16)2/h5,7,9,11,14,16H,3-4,6,8,10,12-13H2,1-2H3,(H,20,21). The lowest BCUT2D eigenvalue weighted by molar-refractivity contribution is -0.150. The van der Waals surface area contributed by atoms with Gasteiger partial charge in [-0.3, -0.25) is 4.79 Å². The first kappa shape index (κ1) is 18.3. The lowest BCUT2D eigenvalue weighted by Gasteiger charge is -2.29. The van der Waals surface area contributed by atoms with Crippen molar-refractivity contribution in [2.75, 3.05) is 13.2 Å². The van der Waals surface area contributed by atoms with Gasteiger partial charge in [-0.1, -0.05) is 44.9 Å². The first-order chi connectivity index (χ1) is 11.6. The number of carbonyl (C=O) groups is 2. The second-order valence-corrected chi connectivity index (χ2v) is 6.35. The van der Waals surface area contributed by atoms with Gasteiger partial charge in [0.15, 0.2) is 13.2 Å². The number of hydrogen-bond donors (Lipinski definition) is 1. The number of rotatable bonds is 7. The van der Waals surface area contributed by atoms with Gasteiger partial charge in [-0.25, -0.2) is 4.79 Å². The molecule has 5 heteroatoms. The minimum absolute atomic E-state index is 0.190. The van der Waals surface area contributed by atoms with Gasteiger partial charge < -0.3 is 14.8 Å². The van der Waals surface area contributed by atoms with Crippen molar-refractivity contribution in [2.45, 2.75) is 52.0 Å². The second kappa shape index (κ2) is 9.30. The molecule has 1 aliphatic carbocycles. The molecule has 0 spiro atoms. The molecule has 0 aliphatic heterocycles. The molecule has 1 amide bonds. The quantitative estimate of drug-likeness (QED) is 0.779. The SMILES string of the molecule is CCc1ccccc1OCC(=O)OCC(=O)NC1CCCCC1C. The molecule has 0 radical (unpaired) electrons. The van der Waals surface area contributed by atoms with E-state index in [0.29, 0.717) is 11.7 Å². The predicted octanol–water partition coefficient (Wildman–Crippen LogP) is 2.87. The van der Waals surface area contributed by atoms with E-state index in [0.717, 1.165) is 31.2 Å². The van der Waals surface area contributed by atoms with Gasteiger partial charge in [0.2, 0.25) is 0 Å². The average molecular weight is 333 g/mol. The number of aryl methyl sites for hydroxylation is 1. The third-order valence-corrected chi connectivity index (χ3v) is 4.52. The first-order valence-corrected chi connectivity index (χ1v) is 8.75. The van der Waals surface area contributed by atoms with Crippen LogP contribution in [0.5, 0.6) is 5.75 Å². The molecule has 0 bridgehead atoms. The van der Waals surface area contributed by atoms with E-state index in [1.54, 1.807) is 0 Å². The molecule has 1 aromatic rings. The zero-order valence-electron chi connectivity index (χ0n) is 14.5. The van der Waals surface area contributed by atoms with Crippen LogP contribution in [-0.4, -0.2) is 31.1 Å². The van der Waals surface area contributed by atoms with Gasteiger partial charge in [0.05, 0.1) is 0 Å². The summed E-state index contributed by atoms with van der Waals surface area (Å²) < 4.78 is 10.5. The first-order valence-electron chi connectivity index (χ1n) is 8.75. The van der Waals surface area contributed by atoms with Crippen LogP contribution in [0.1, 0.15) is 45.1 Å². The Morgan fingerprint density at radius 2 is 1.92 bits per heavy atom. The molecule has 0 saturated heterocycles. The zero-order chi connectivity index (χ0) is 17.4. The second-order valence-electron chi connectivity index (χ2n) is 6.35. The molecule has 1 N–H and O–H groups in total. The fraction of sp³-hybridized carbons (Fsp3) is 0.579. The lowest BCUT2D eigenvalue weighted by atomic mass is 9.86. The highest BCUT2D eigenvalue weighted by atomic mass is 16.6. The Kier molecular flexibility index (Phi) is 7.09. The third kappa shape index (κ3) is 5.55. The predicted molar refractivity (Wildman–Crippen MR) is 91.8 cm³/mol. The summed E-state index contributed by atoms with van der Waals surface area (Å²) in [6, 6.07) is 7.76. The maximum Gasteiger partial charge on any atom is 0.344 e. The Balaban J connectivity index is 1.69. The Morgan fingerprint density at radius 1 is 1.17 bits per heavy atom. The molecule has 132 valence electrons. The summed E-state index contributed by atoms with van der Waals surface area (Å²) in [5, 5.41) is 2.96. The van der Waals surface area contributed by atoms with E-state index < -0.39 is 5.97 Å². The van der Waals surface area contributed by atoms with Crippen LogP contribution in [0.4, 0.5) is 0 Å². The van der Waals surface area contributed by atoms with Crippen LogP contribution < -0.4 is 10.1 Å². The van der Waals surface area contributed by atoms with Crippen molar-refractivity contribution < 1.29 is 19.1 Å². The summed E-state index contributed by atoms with van der Waals surface area (Å²) >= 11 is 0. The van der Waals surface area contributed by atoms with Crippen molar-refractivity contribution in [1.82, 2.24) is 5.32 Å². The van der Waals surface area contributed by atoms with E-state index in [1.807, 2.05) is 31.2 Å². The van der Waals surface area contributed by atoms with E-state index in [-0.39, 0.29) is 25.2 Å². The third-order valence-electron chi connectivity index (χ3n) is 4.52. The van der Waals surface area contributed by atoms with Crippen LogP contribution in [0.15, 0.2) is 24.3 Å². The molecule has 1 aromatic carbocycles. The molecule has 2 unspecified atom stereocenters. The van der Waals surface area contributed by atoms with Crippen molar-refractivity contribution >= 4 is 11.9 Å². The fourth-order valence-corrected chi connectivity index (χ4v) is 3.04. The molecule has 1 saturated carbocycles. The maximum atomic E-state index is 11.9. The Morgan fingerprint density at radius 3 is 2.67 bits per heavy atom. The van der Waals surface area contributed by atoms with Gasteiger partial charge in [0.1, 0.15) is 5.75 Å². The van der Waals surface area contributed by atoms with Crippen LogP contribution in [0, 0.1) is 5.92 Å². The van der Waals surface area contributed by atoms with Crippen molar-refractivity contribution in [3.05, 3.63) is 29.8 Å². The summed E-state index contributed by atoms with van der Waals surface area (Å²) in [5.41, 5.74) is 1.04. The van der Waals surface area contributed by atoms with Crippen LogP contribution in [0.25, 0.3) is 0 Å². The van der Waals surface area contributed by atoms with E-state index in [9.17, 15) is 9.59 Å². The van der Waals surface area contributed by atoms with Gasteiger partial charge in [0.25, 0.3) is 5.91 Å². The Hall–Kier alpha value is -2.04. The smallest absolute Gasteiger partial charge is 0.344 e. The molecule has 0 heterocycles. The zero-order valence-corrected chi connectivity index (χ0v) is 14.5. The Labute approximate surface area is 143 Å². The average Bonchev–Trinajstić information content (AvgIpc) is 2.60. The number of ether oxygens (including phenoxy) is 2. The van der Waals surface area contributed by atoms with Crippen molar-refractivity contribution in [2.24, 2.45) is 5.92 Å². The van der Waals surface area contributed by atoms with Gasteiger partial charge in [-0.2, -0.15) is 0 Å². The van der Waals surface area contributed by atoms with Gasteiger partial charge in [-0.05, 0) is 36.8 Å². The molecular weight excluding hydrogens is 306 g/mol. The van der Waals surface area contributed by atoms with Crippen LogP contribution in [-0.2, 0) is 20.7 Å². The van der Waals surface area contributed by atoms with Gasteiger partial charge in [0, 0.05) is 6.04 Å².